The van der Waals surface area contributed by atoms with Gasteiger partial charge < -0.3 is 21.3 Å². The Morgan fingerprint density at radius 3 is 2.11 bits per heavy atom. The van der Waals surface area contributed by atoms with Gasteiger partial charge in [-0.15, -0.1) is 11.3 Å². The Labute approximate surface area is 209 Å². The Kier molecular flexibility index (Phi) is 8.64. The van der Waals surface area contributed by atoms with Crippen LogP contribution in [0.15, 0.2) is 102 Å². The predicted molar refractivity (Wildman–Crippen MR) is 142 cm³/mol. The molecule has 0 aliphatic rings. The molecule has 0 saturated heterocycles. The fourth-order valence-corrected chi connectivity index (χ4v) is 4.35. The number of carbonyl (C=O) groups is 2. The number of amides is 3. The Hall–Kier alpha value is -3.94. The van der Waals surface area contributed by atoms with Crippen molar-refractivity contribution in [2.75, 3.05) is 18.4 Å². The molecule has 0 spiro atoms. The zero-order chi connectivity index (χ0) is 24.3. The van der Waals surface area contributed by atoms with Crippen LogP contribution in [0.2, 0.25) is 0 Å². The molecule has 0 bridgehead atoms. The van der Waals surface area contributed by atoms with Crippen LogP contribution in [0.3, 0.4) is 0 Å². The molecular formula is C28H28N4O2S. The molecule has 0 aliphatic heterocycles. The van der Waals surface area contributed by atoms with Crippen molar-refractivity contribution in [3.05, 3.63) is 124 Å². The maximum atomic E-state index is 12.4. The van der Waals surface area contributed by atoms with Crippen LogP contribution in [-0.4, -0.2) is 25.0 Å². The molecule has 178 valence electrons. The summed E-state index contributed by atoms with van der Waals surface area (Å²) < 4.78 is 0. The van der Waals surface area contributed by atoms with Crippen molar-refractivity contribution in [1.82, 2.24) is 16.0 Å². The first-order chi connectivity index (χ1) is 17.2. The molecule has 0 saturated carbocycles. The summed E-state index contributed by atoms with van der Waals surface area (Å²) in [5.74, 6) is -0.181. The molecule has 0 radical (unpaired) electrons. The third-order valence-electron chi connectivity index (χ3n) is 5.41. The molecule has 3 aromatic carbocycles. The fraction of sp³-hybridized carbons (Fsp3) is 0.143. The van der Waals surface area contributed by atoms with Gasteiger partial charge in [0.25, 0.3) is 5.91 Å². The van der Waals surface area contributed by atoms with Crippen molar-refractivity contribution >= 4 is 29.0 Å². The van der Waals surface area contributed by atoms with Gasteiger partial charge in [0.1, 0.15) is 0 Å². The SMILES string of the molecule is O=C(NCCNC(c1ccccc1)c1ccccc1)Nc1cccc(C(=O)NCc2cccs2)c1. The normalized spacial score (nSPS) is 10.7. The number of rotatable bonds is 10. The van der Waals surface area contributed by atoms with Crippen molar-refractivity contribution in [3.63, 3.8) is 0 Å². The second-order valence-corrected chi connectivity index (χ2v) is 8.96. The Bertz CT molecular complexity index is 1170. The Balaban J connectivity index is 1.26. The molecule has 0 unspecified atom stereocenters. The molecule has 1 heterocycles. The average molecular weight is 485 g/mol. The van der Waals surface area contributed by atoms with Crippen LogP contribution in [0.4, 0.5) is 10.5 Å². The summed E-state index contributed by atoms with van der Waals surface area (Å²) in [4.78, 5) is 25.9. The molecule has 0 fully saturated rings. The molecule has 7 heteroatoms. The molecule has 0 aliphatic carbocycles. The predicted octanol–water partition coefficient (Wildman–Crippen LogP) is 5.18. The van der Waals surface area contributed by atoms with Crippen molar-refractivity contribution in [2.45, 2.75) is 12.6 Å². The van der Waals surface area contributed by atoms with E-state index in [2.05, 4.69) is 45.5 Å². The second-order valence-electron chi connectivity index (χ2n) is 7.93. The van der Waals surface area contributed by atoms with Crippen molar-refractivity contribution in [1.29, 1.82) is 0 Å². The Morgan fingerprint density at radius 2 is 1.46 bits per heavy atom. The number of carbonyl (C=O) groups excluding carboxylic acids is 2. The van der Waals surface area contributed by atoms with E-state index in [4.69, 9.17) is 0 Å². The first-order valence-electron chi connectivity index (χ1n) is 11.5. The number of hydrogen-bond donors (Lipinski definition) is 4. The topological polar surface area (TPSA) is 82.3 Å². The minimum absolute atomic E-state index is 0.0339. The van der Waals surface area contributed by atoms with E-state index >= 15 is 0 Å². The maximum absolute atomic E-state index is 12.4. The van der Waals surface area contributed by atoms with Gasteiger partial charge in [0.2, 0.25) is 0 Å². The van der Waals surface area contributed by atoms with E-state index < -0.39 is 0 Å². The van der Waals surface area contributed by atoms with Crippen molar-refractivity contribution < 1.29 is 9.59 Å². The average Bonchev–Trinajstić information content (AvgIpc) is 3.42. The number of urea groups is 1. The summed E-state index contributed by atoms with van der Waals surface area (Å²) in [6.45, 7) is 1.52. The molecule has 4 N–H and O–H groups in total. The molecule has 4 aromatic rings. The van der Waals surface area contributed by atoms with E-state index in [-0.39, 0.29) is 18.0 Å². The fourth-order valence-electron chi connectivity index (χ4n) is 3.71. The highest BCUT2D eigenvalue weighted by Crippen LogP contribution is 2.21. The van der Waals surface area contributed by atoms with Gasteiger partial charge in [-0.05, 0) is 40.8 Å². The van der Waals surface area contributed by atoms with Gasteiger partial charge in [-0.1, -0.05) is 72.8 Å². The lowest BCUT2D eigenvalue weighted by atomic mass is 9.99. The lowest BCUT2D eigenvalue weighted by Crippen LogP contribution is -2.36. The van der Waals surface area contributed by atoms with Gasteiger partial charge in [-0.3, -0.25) is 4.79 Å². The van der Waals surface area contributed by atoms with Crippen LogP contribution in [0.1, 0.15) is 32.4 Å². The van der Waals surface area contributed by atoms with E-state index in [1.54, 1.807) is 35.6 Å². The van der Waals surface area contributed by atoms with Gasteiger partial charge >= 0.3 is 6.03 Å². The lowest BCUT2D eigenvalue weighted by Gasteiger charge is -2.20. The minimum Gasteiger partial charge on any atom is -0.347 e. The van der Waals surface area contributed by atoms with Gasteiger partial charge in [0.05, 0.1) is 12.6 Å². The molecule has 4 rings (SSSR count). The molecule has 1 aromatic heterocycles. The first kappa shape index (κ1) is 24.2. The highest BCUT2D eigenvalue weighted by Gasteiger charge is 2.13. The number of hydrogen-bond acceptors (Lipinski definition) is 4. The quantitative estimate of drug-likeness (QED) is 0.234. The third-order valence-corrected chi connectivity index (χ3v) is 6.29. The van der Waals surface area contributed by atoms with E-state index in [0.29, 0.717) is 30.9 Å². The zero-order valence-corrected chi connectivity index (χ0v) is 20.1. The summed E-state index contributed by atoms with van der Waals surface area (Å²) >= 11 is 1.59. The van der Waals surface area contributed by atoms with Gasteiger partial charge in [0, 0.05) is 29.2 Å². The van der Waals surface area contributed by atoms with Crippen molar-refractivity contribution in [2.24, 2.45) is 0 Å². The number of benzene rings is 3. The van der Waals surface area contributed by atoms with E-state index in [1.165, 1.54) is 0 Å². The van der Waals surface area contributed by atoms with E-state index in [1.807, 2.05) is 53.9 Å². The van der Waals surface area contributed by atoms with Crippen LogP contribution in [0.5, 0.6) is 0 Å². The monoisotopic (exact) mass is 484 g/mol. The highest BCUT2D eigenvalue weighted by molar-refractivity contribution is 7.09. The number of anilines is 1. The summed E-state index contributed by atoms with van der Waals surface area (Å²) in [7, 11) is 0. The standard InChI is InChI=1S/C28H28N4O2S/c33-27(31-20-25-15-8-18-35-25)23-13-7-14-24(19-23)32-28(34)30-17-16-29-26(21-9-3-1-4-10-21)22-11-5-2-6-12-22/h1-15,18-19,26,29H,16-17,20H2,(H,31,33)(H2,30,32,34). The summed E-state index contributed by atoms with van der Waals surface area (Å²) in [6.07, 6.45) is 0. The largest absolute Gasteiger partial charge is 0.347 e. The molecule has 0 atom stereocenters. The number of thiophene rings is 1. The van der Waals surface area contributed by atoms with Crippen LogP contribution in [0.25, 0.3) is 0 Å². The lowest BCUT2D eigenvalue weighted by molar-refractivity contribution is 0.0951. The summed E-state index contributed by atoms with van der Waals surface area (Å²) in [5.41, 5.74) is 3.38. The summed E-state index contributed by atoms with van der Waals surface area (Å²) in [6, 6.07) is 31.0. The zero-order valence-electron chi connectivity index (χ0n) is 19.2. The molecule has 6 nitrogen and oxygen atoms in total. The van der Waals surface area contributed by atoms with Crippen LogP contribution in [0, 0.1) is 0 Å². The maximum Gasteiger partial charge on any atom is 0.319 e. The van der Waals surface area contributed by atoms with Gasteiger partial charge in [-0.2, -0.15) is 0 Å². The molecular weight excluding hydrogens is 456 g/mol. The highest BCUT2D eigenvalue weighted by atomic mass is 32.1. The second kappa shape index (κ2) is 12.5. The molecule has 3 amide bonds. The van der Waals surface area contributed by atoms with Crippen molar-refractivity contribution in [3.8, 4) is 0 Å². The first-order valence-corrected chi connectivity index (χ1v) is 12.4. The van der Waals surface area contributed by atoms with E-state index in [9.17, 15) is 9.59 Å². The van der Waals surface area contributed by atoms with Crippen LogP contribution >= 0.6 is 11.3 Å². The Morgan fingerprint density at radius 1 is 0.743 bits per heavy atom. The summed E-state index contributed by atoms with van der Waals surface area (Å²) in [5, 5.41) is 14.1. The van der Waals surface area contributed by atoms with Crippen LogP contribution < -0.4 is 21.3 Å². The third kappa shape index (κ3) is 7.27. The van der Waals surface area contributed by atoms with Gasteiger partial charge in [0.15, 0.2) is 0 Å². The van der Waals surface area contributed by atoms with E-state index in [0.717, 1.165) is 16.0 Å². The van der Waals surface area contributed by atoms with Gasteiger partial charge in [-0.25, -0.2) is 4.79 Å². The smallest absolute Gasteiger partial charge is 0.319 e. The minimum atomic E-state index is -0.320. The molecule has 35 heavy (non-hydrogen) atoms. The van der Waals surface area contributed by atoms with Crippen LogP contribution in [-0.2, 0) is 6.54 Å². The number of nitrogens with one attached hydrogen (secondary N) is 4.